The van der Waals surface area contributed by atoms with Gasteiger partial charge in [0.2, 0.25) is 5.91 Å². The number of halogens is 2. The predicted octanol–water partition coefficient (Wildman–Crippen LogP) is 2.99. The fraction of sp³-hybridized carbons (Fsp3) is 0.556. The van der Waals surface area contributed by atoms with E-state index in [4.69, 9.17) is 23.2 Å². The molecule has 1 heterocycles. The molecule has 0 aliphatic carbocycles. The van der Waals surface area contributed by atoms with Crippen LogP contribution < -0.4 is 5.32 Å². The molecule has 1 unspecified atom stereocenters. The second-order valence-electron chi connectivity index (χ2n) is 4.10. The third-order valence-corrected chi connectivity index (χ3v) is 3.15. The van der Waals surface area contributed by atoms with Crippen LogP contribution in [0.4, 0.5) is 0 Å². The number of hydrogen-bond acceptors (Lipinski definition) is 3. The fourth-order valence-electron chi connectivity index (χ4n) is 0.929. The molecule has 1 aromatic heterocycles. The summed E-state index contributed by atoms with van der Waals surface area (Å²) in [6.45, 7) is 5.68. The van der Waals surface area contributed by atoms with Crippen molar-refractivity contribution in [3.8, 4) is 0 Å². The van der Waals surface area contributed by atoms with Gasteiger partial charge in [-0.1, -0.05) is 11.6 Å². The zero-order valence-corrected chi connectivity index (χ0v) is 11.0. The number of amides is 1. The van der Waals surface area contributed by atoms with Crippen molar-refractivity contribution in [2.75, 3.05) is 0 Å². The largest absolute Gasteiger partial charge is 0.350 e. The average Bonchev–Trinajstić information content (AvgIpc) is 2.47. The van der Waals surface area contributed by atoms with E-state index in [-0.39, 0.29) is 11.4 Å². The maximum atomic E-state index is 11.6. The lowest BCUT2D eigenvalue weighted by molar-refractivity contribution is -0.122. The van der Waals surface area contributed by atoms with E-state index in [0.717, 1.165) is 0 Å². The number of carbonyl (C=O) groups excluding carboxylic acids is 1. The van der Waals surface area contributed by atoms with Crippen molar-refractivity contribution < 1.29 is 4.79 Å². The molecule has 1 atom stereocenters. The standard InChI is InChI=1S/C9H12Cl2N2OS/c1-9(2,3)13-7(14)6(11)8-12-4-5(10)15-8/h4,6H,1-3H3,(H,13,14). The second kappa shape index (κ2) is 4.68. The summed E-state index contributed by atoms with van der Waals surface area (Å²) >= 11 is 12.9. The molecule has 3 nitrogen and oxygen atoms in total. The molecule has 0 aliphatic rings. The van der Waals surface area contributed by atoms with Crippen LogP contribution in [0.5, 0.6) is 0 Å². The minimum atomic E-state index is -0.776. The summed E-state index contributed by atoms with van der Waals surface area (Å²) in [7, 11) is 0. The van der Waals surface area contributed by atoms with Gasteiger partial charge in [0.1, 0.15) is 9.34 Å². The molecule has 1 amide bonds. The van der Waals surface area contributed by atoms with E-state index in [1.165, 1.54) is 17.5 Å². The Hall–Kier alpha value is -0.320. The molecule has 84 valence electrons. The molecule has 0 bridgehead atoms. The summed E-state index contributed by atoms with van der Waals surface area (Å²) in [4.78, 5) is 15.6. The van der Waals surface area contributed by atoms with E-state index >= 15 is 0 Å². The molecule has 0 fully saturated rings. The zero-order valence-electron chi connectivity index (χ0n) is 8.67. The van der Waals surface area contributed by atoms with E-state index in [1.54, 1.807) is 0 Å². The van der Waals surface area contributed by atoms with Gasteiger partial charge in [0.05, 0.1) is 6.20 Å². The van der Waals surface area contributed by atoms with Gasteiger partial charge in [-0.3, -0.25) is 4.79 Å². The van der Waals surface area contributed by atoms with Crippen LogP contribution >= 0.6 is 34.5 Å². The number of thiazole rings is 1. The summed E-state index contributed by atoms with van der Waals surface area (Å²) in [6, 6.07) is 0. The number of nitrogens with zero attached hydrogens (tertiary/aromatic N) is 1. The lowest BCUT2D eigenvalue weighted by Gasteiger charge is -2.21. The number of nitrogens with one attached hydrogen (secondary N) is 1. The van der Waals surface area contributed by atoms with Gasteiger partial charge in [0, 0.05) is 5.54 Å². The summed E-state index contributed by atoms with van der Waals surface area (Å²) < 4.78 is 0.527. The molecular weight excluding hydrogens is 255 g/mol. The van der Waals surface area contributed by atoms with Gasteiger partial charge >= 0.3 is 0 Å². The summed E-state index contributed by atoms with van der Waals surface area (Å²) in [5.41, 5.74) is -0.300. The molecule has 1 N–H and O–H groups in total. The van der Waals surface area contributed by atoms with Crippen LogP contribution in [-0.4, -0.2) is 16.4 Å². The van der Waals surface area contributed by atoms with Gasteiger partial charge in [-0.15, -0.1) is 22.9 Å². The summed E-state index contributed by atoms with van der Waals surface area (Å²) in [5, 5.41) is 2.52. The molecule has 0 aromatic carbocycles. The second-order valence-corrected chi connectivity index (χ2v) is 6.23. The van der Waals surface area contributed by atoms with Crippen LogP contribution in [0.2, 0.25) is 4.34 Å². The minimum absolute atomic E-state index is 0.254. The monoisotopic (exact) mass is 266 g/mol. The van der Waals surface area contributed by atoms with Crippen LogP contribution in [0, 0.1) is 0 Å². The molecule has 6 heteroatoms. The molecule has 0 aliphatic heterocycles. The van der Waals surface area contributed by atoms with Crippen LogP contribution in [0.3, 0.4) is 0 Å². The normalized spacial score (nSPS) is 13.7. The molecule has 1 aromatic rings. The van der Waals surface area contributed by atoms with E-state index in [9.17, 15) is 4.79 Å². The lowest BCUT2D eigenvalue weighted by atomic mass is 10.1. The lowest BCUT2D eigenvalue weighted by Crippen LogP contribution is -2.42. The van der Waals surface area contributed by atoms with Crippen molar-refractivity contribution in [1.29, 1.82) is 0 Å². The van der Waals surface area contributed by atoms with Crippen LogP contribution in [0.1, 0.15) is 31.2 Å². The Kier molecular flexibility index (Phi) is 3.98. The van der Waals surface area contributed by atoms with Gasteiger partial charge in [-0.05, 0) is 20.8 Å². The highest BCUT2D eigenvalue weighted by Crippen LogP contribution is 2.28. The minimum Gasteiger partial charge on any atom is -0.350 e. The Bertz CT molecular complexity index is 359. The van der Waals surface area contributed by atoms with Crippen LogP contribution in [-0.2, 0) is 4.79 Å². The quantitative estimate of drug-likeness (QED) is 0.837. The first-order chi connectivity index (χ1) is 6.79. The Labute approximate surface area is 103 Å². The molecule has 0 radical (unpaired) electrons. The molecule has 0 spiro atoms. The van der Waals surface area contributed by atoms with E-state index in [1.807, 2.05) is 20.8 Å². The highest BCUT2D eigenvalue weighted by atomic mass is 35.5. The number of aromatic nitrogens is 1. The van der Waals surface area contributed by atoms with E-state index in [2.05, 4.69) is 10.3 Å². The van der Waals surface area contributed by atoms with Crippen molar-refractivity contribution in [3.63, 3.8) is 0 Å². The van der Waals surface area contributed by atoms with Gasteiger partial charge in [-0.2, -0.15) is 0 Å². The van der Waals surface area contributed by atoms with Crippen molar-refractivity contribution in [3.05, 3.63) is 15.5 Å². The van der Waals surface area contributed by atoms with Crippen LogP contribution in [0.25, 0.3) is 0 Å². The maximum Gasteiger partial charge on any atom is 0.245 e. The first kappa shape index (κ1) is 12.7. The SMILES string of the molecule is CC(C)(C)NC(=O)C(Cl)c1ncc(Cl)s1. The fourth-order valence-corrected chi connectivity index (χ4v) is 2.08. The Morgan fingerprint density at radius 1 is 1.60 bits per heavy atom. The highest BCUT2D eigenvalue weighted by molar-refractivity contribution is 7.16. The van der Waals surface area contributed by atoms with Gasteiger partial charge in [-0.25, -0.2) is 4.98 Å². The van der Waals surface area contributed by atoms with Gasteiger partial charge < -0.3 is 5.32 Å². The first-order valence-corrected chi connectivity index (χ1v) is 6.00. The molecule has 1 rings (SSSR count). The highest BCUT2D eigenvalue weighted by Gasteiger charge is 2.24. The smallest absolute Gasteiger partial charge is 0.245 e. The van der Waals surface area contributed by atoms with E-state index in [0.29, 0.717) is 9.34 Å². The first-order valence-electron chi connectivity index (χ1n) is 4.37. The predicted molar refractivity (Wildman–Crippen MR) is 63.6 cm³/mol. The summed E-state index contributed by atoms with van der Waals surface area (Å²) in [5.74, 6) is -0.254. The Morgan fingerprint density at radius 3 is 2.60 bits per heavy atom. The average molecular weight is 267 g/mol. The zero-order chi connectivity index (χ0) is 11.6. The van der Waals surface area contributed by atoms with Crippen molar-refractivity contribution in [2.45, 2.75) is 31.7 Å². The van der Waals surface area contributed by atoms with E-state index < -0.39 is 5.38 Å². The number of hydrogen-bond donors (Lipinski definition) is 1. The van der Waals surface area contributed by atoms with Crippen LogP contribution in [0.15, 0.2) is 6.20 Å². The Balaban J connectivity index is 2.69. The topological polar surface area (TPSA) is 42.0 Å². The summed E-state index contributed by atoms with van der Waals surface area (Å²) in [6.07, 6.45) is 1.49. The molecule has 15 heavy (non-hydrogen) atoms. The molecular formula is C9H12Cl2N2OS. The number of alkyl halides is 1. The third-order valence-electron chi connectivity index (χ3n) is 1.44. The Morgan fingerprint density at radius 2 is 2.20 bits per heavy atom. The third kappa shape index (κ3) is 3.97. The maximum absolute atomic E-state index is 11.6. The number of rotatable bonds is 2. The number of carbonyl (C=O) groups is 1. The molecule has 0 saturated heterocycles. The van der Waals surface area contributed by atoms with Gasteiger partial charge in [0.15, 0.2) is 5.38 Å². The molecule has 0 saturated carbocycles. The van der Waals surface area contributed by atoms with Crippen molar-refractivity contribution in [1.82, 2.24) is 10.3 Å². The van der Waals surface area contributed by atoms with Crippen molar-refractivity contribution >= 4 is 40.4 Å². The van der Waals surface area contributed by atoms with Gasteiger partial charge in [0.25, 0.3) is 0 Å². The van der Waals surface area contributed by atoms with Crippen molar-refractivity contribution in [2.24, 2.45) is 0 Å².